The maximum absolute atomic E-state index is 11.7. The summed E-state index contributed by atoms with van der Waals surface area (Å²) in [5.74, 6) is -0.0815. The Morgan fingerprint density at radius 2 is 2.30 bits per heavy atom. The molecule has 0 fully saturated rings. The molecule has 0 spiro atoms. The van der Waals surface area contributed by atoms with Crippen molar-refractivity contribution < 1.29 is 8.78 Å². The Morgan fingerprint density at radius 3 is 2.50 bits per heavy atom. The van der Waals surface area contributed by atoms with Crippen molar-refractivity contribution in [1.29, 1.82) is 0 Å². The molecule has 1 heterocycles. The maximum Gasteiger partial charge on any atom is 0.333 e. The first-order valence-corrected chi connectivity index (χ1v) is 2.77. The summed E-state index contributed by atoms with van der Waals surface area (Å²) >= 11 is 5.33. The molecule has 0 aliphatic carbocycles. The molecule has 0 bridgehead atoms. The largest absolute Gasteiger partial charge is 0.381 e. The Kier molecular flexibility index (Phi) is 1.76. The highest BCUT2D eigenvalue weighted by Gasteiger charge is 2.09. The average Bonchev–Trinajstić information content (AvgIpc) is 2.13. The number of nitrogens with zero attached hydrogens (tertiary/aromatic N) is 2. The van der Waals surface area contributed by atoms with Gasteiger partial charge in [-0.25, -0.2) is 4.68 Å². The first-order valence-electron chi connectivity index (χ1n) is 2.39. The van der Waals surface area contributed by atoms with Crippen LogP contribution < -0.4 is 5.73 Å². The van der Waals surface area contributed by atoms with Crippen LogP contribution in [0.4, 0.5) is 14.6 Å². The molecular weight excluding hydrogens is 164 g/mol. The summed E-state index contributed by atoms with van der Waals surface area (Å²) in [6.07, 6.45) is 0.974. The lowest BCUT2D eigenvalue weighted by atomic mass is 10.7. The Labute approximate surface area is 60.4 Å². The smallest absolute Gasteiger partial charge is 0.333 e. The molecule has 1 aromatic rings. The van der Waals surface area contributed by atoms with Gasteiger partial charge in [0.05, 0.1) is 6.20 Å². The monoisotopic (exact) mass is 167 g/mol. The van der Waals surface area contributed by atoms with Gasteiger partial charge in [0.1, 0.15) is 5.02 Å². The van der Waals surface area contributed by atoms with E-state index in [0.29, 0.717) is 4.68 Å². The van der Waals surface area contributed by atoms with E-state index < -0.39 is 6.55 Å². The van der Waals surface area contributed by atoms with Crippen LogP contribution in [-0.2, 0) is 0 Å². The van der Waals surface area contributed by atoms with E-state index in [1.807, 2.05) is 0 Å². The van der Waals surface area contributed by atoms with Crippen molar-refractivity contribution in [3.63, 3.8) is 0 Å². The van der Waals surface area contributed by atoms with Crippen LogP contribution in [0, 0.1) is 0 Å². The van der Waals surface area contributed by atoms with E-state index in [-0.39, 0.29) is 10.8 Å². The van der Waals surface area contributed by atoms with Crippen molar-refractivity contribution in [2.75, 3.05) is 5.73 Å². The second kappa shape index (κ2) is 2.42. The molecule has 1 rings (SSSR count). The molecule has 0 radical (unpaired) electrons. The maximum atomic E-state index is 11.7. The number of halogens is 3. The summed E-state index contributed by atoms with van der Waals surface area (Å²) in [5.41, 5.74) is 5.08. The number of nitrogen functional groups attached to an aromatic ring is 1. The number of anilines is 1. The average molecular weight is 168 g/mol. The second-order valence-electron chi connectivity index (χ2n) is 1.62. The molecule has 0 aliphatic heterocycles. The van der Waals surface area contributed by atoms with Crippen molar-refractivity contribution in [1.82, 2.24) is 9.78 Å². The third-order valence-electron chi connectivity index (χ3n) is 0.913. The van der Waals surface area contributed by atoms with Crippen LogP contribution in [0.3, 0.4) is 0 Å². The highest BCUT2D eigenvalue weighted by molar-refractivity contribution is 6.32. The molecule has 0 saturated heterocycles. The van der Waals surface area contributed by atoms with Crippen molar-refractivity contribution in [2.45, 2.75) is 6.55 Å². The second-order valence-corrected chi connectivity index (χ2v) is 2.03. The first kappa shape index (κ1) is 7.27. The Hall–Kier alpha value is -0.840. The van der Waals surface area contributed by atoms with Gasteiger partial charge in [-0.05, 0) is 0 Å². The van der Waals surface area contributed by atoms with E-state index in [0.717, 1.165) is 6.20 Å². The number of hydrogen-bond donors (Lipinski definition) is 1. The summed E-state index contributed by atoms with van der Waals surface area (Å²) in [6.45, 7) is -2.69. The van der Waals surface area contributed by atoms with E-state index >= 15 is 0 Å². The Balaban J connectivity index is 2.98. The number of hydrogen-bond acceptors (Lipinski definition) is 2. The number of rotatable bonds is 1. The number of nitrogens with two attached hydrogens (primary N) is 1. The normalized spacial score (nSPS) is 10.8. The molecule has 10 heavy (non-hydrogen) atoms. The van der Waals surface area contributed by atoms with Gasteiger partial charge >= 0.3 is 6.55 Å². The zero-order valence-corrected chi connectivity index (χ0v) is 5.52. The zero-order chi connectivity index (χ0) is 7.72. The van der Waals surface area contributed by atoms with Gasteiger partial charge in [0.2, 0.25) is 0 Å². The predicted molar refractivity (Wildman–Crippen MR) is 32.9 cm³/mol. The Bertz CT molecular complexity index is 215. The lowest BCUT2D eigenvalue weighted by Gasteiger charge is -1.94. The minimum atomic E-state index is -2.69. The molecule has 0 unspecified atom stereocenters. The van der Waals surface area contributed by atoms with Crippen molar-refractivity contribution in [3.05, 3.63) is 11.2 Å². The molecule has 56 valence electrons. The van der Waals surface area contributed by atoms with E-state index in [4.69, 9.17) is 17.3 Å². The van der Waals surface area contributed by atoms with Crippen LogP contribution in [-0.4, -0.2) is 9.78 Å². The van der Waals surface area contributed by atoms with E-state index in [1.165, 1.54) is 0 Å². The summed E-state index contributed by atoms with van der Waals surface area (Å²) in [6, 6.07) is 0. The first-order chi connectivity index (χ1) is 4.61. The van der Waals surface area contributed by atoms with E-state index in [1.54, 1.807) is 0 Å². The van der Waals surface area contributed by atoms with E-state index in [2.05, 4.69) is 5.10 Å². The number of aromatic nitrogens is 2. The minimum Gasteiger partial charge on any atom is -0.381 e. The number of alkyl halides is 2. The van der Waals surface area contributed by atoms with Crippen LogP contribution >= 0.6 is 11.6 Å². The molecule has 0 aliphatic rings. The van der Waals surface area contributed by atoms with Gasteiger partial charge in [-0.1, -0.05) is 11.6 Å². The standard InChI is InChI=1S/C4H4ClF2N3/c5-2-1-10(4(6)7)9-3(2)8/h1,4H,(H2,8,9). The van der Waals surface area contributed by atoms with Crippen LogP contribution in [0.2, 0.25) is 5.02 Å². The fourth-order valence-electron chi connectivity index (χ4n) is 0.483. The van der Waals surface area contributed by atoms with Gasteiger partial charge in [-0.2, -0.15) is 8.78 Å². The van der Waals surface area contributed by atoms with Gasteiger partial charge in [0, 0.05) is 0 Å². The van der Waals surface area contributed by atoms with Gasteiger partial charge in [0.15, 0.2) is 5.82 Å². The minimum absolute atomic E-state index is 0.0419. The molecule has 2 N–H and O–H groups in total. The summed E-state index contributed by atoms with van der Waals surface area (Å²) in [4.78, 5) is 0. The molecule has 0 atom stereocenters. The molecule has 0 saturated carbocycles. The van der Waals surface area contributed by atoms with Crippen molar-refractivity contribution in [2.24, 2.45) is 0 Å². The molecule has 1 aromatic heterocycles. The highest BCUT2D eigenvalue weighted by Crippen LogP contribution is 2.19. The lowest BCUT2D eigenvalue weighted by molar-refractivity contribution is 0.0569. The molecule has 0 amide bonds. The van der Waals surface area contributed by atoms with Gasteiger partial charge < -0.3 is 5.73 Å². The van der Waals surface area contributed by atoms with Crippen LogP contribution in [0.25, 0.3) is 0 Å². The SMILES string of the molecule is Nc1nn(C(F)F)cc1Cl. The molecular formula is C4H4ClF2N3. The highest BCUT2D eigenvalue weighted by atomic mass is 35.5. The quantitative estimate of drug-likeness (QED) is 0.689. The van der Waals surface area contributed by atoms with Crippen molar-refractivity contribution in [3.8, 4) is 0 Å². The van der Waals surface area contributed by atoms with Crippen molar-refractivity contribution >= 4 is 17.4 Å². The van der Waals surface area contributed by atoms with Gasteiger partial charge in [-0.15, -0.1) is 5.10 Å². The van der Waals surface area contributed by atoms with Crippen LogP contribution in [0.5, 0.6) is 0 Å². The molecule has 0 aromatic carbocycles. The Morgan fingerprint density at radius 1 is 1.70 bits per heavy atom. The summed E-state index contributed by atoms with van der Waals surface area (Å²) in [7, 11) is 0. The van der Waals surface area contributed by atoms with Gasteiger partial charge in [0.25, 0.3) is 0 Å². The summed E-state index contributed by atoms with van der Waals surface area (Å²) < 4.78 is 23.9. The van der Waals surface area contributed by atoms with E-state index in [9.17, 15) is 8.78 Å². The predicted octanol–water partition coefficient (Wildman–Crippen LogP) is 1.51. The van der Waals surface area contributed by atoms with Gasteiger partial charge in [-0.3, -0.25) is 0 Å². The third kappa shape index (κ3) is 1.18. The fourth-order valence-corrected chi connectivity index (χ4v) is 0.621. The molecule has 6 heteroatoms. The molecule has 3 nitrogen and oxygen atoms in total. The summed E-state index contributed by atoms with van der Waals surface area (Å²) in [5, 5.41) is 3.26. The fraction of sp³-hybridized carbons (Fsp3) is 0.250. The van der Waals surface area contributed by atoms with Crippen LogP contribution in [0.15, 0.2) is 6.20 Å². The zero-order valence-electron chi connectivity index (χ0n) is 4.76. The van der Waals surface area contributed by atoms with Crippen LogP contribution in [0.1, 0.15) is 6.55 Å². The third-order valence-corrected chi connectivity index (χ3v) is 1.20. The lowest BCUT2D eigenvalue weighted by Crippen LogP contribution is -1.98. The topological polar surface area (TPSA) is 43.8 Å².